The molecule has 0 atom stereocenters. The average molecular weight is 252 g/mol. The molecule has 8 heteroatoms. The van der Waals surface area contributed by atoms with Crippen LogP contribution in [0.5, 0.6) is 0 Å². The zero-order valence-electron chi connectivity index (χ0n) is 8.11. The maximum Gasteiger partial charge on any atom is 0.421 e. The number of nitriles is 1. The molecule has 0 spiro atoms. The molecule has 0 fully saturated rings. The van der Waals surface area contributed by atoms with Gasteiger partial charge >= 0.3 is 6.18 Å². The van der Waals surface area contributed by atoms with Gasteiger partial charge in [-0.15, -0.1) is 0 Å². The van der Waals surface area contributed by atoms with Crippen LogP contribution in [0.15, 0.2) is 11.0 Å². The van der Waals surface area contributed by atoms with Crippen LogP contribution in [0, 0.1) is 11.3 Å². The van der Waals surface area contributed by atoms with E-state index in [1.54, 1.807) is 4.98 Å². The number of pyridine rings is 1. The molecule has 0 bridgehead atoms. The van der Waals surface area contributed by atoms with Crippen molar-refractivity contribution in [1.29, 1.82) is 5.26 Å². The molecule has 0 radical (unpaired) electrons. The van der Waals surface area contributed by atoms with Crippen molar-refractivity contribution in [1.82, 2.24) is 4.98 Å². The van der Waals surface area contributed by atoms with Gasteiger partial charge in [0.25, 0.3) is 6.43 Å². The first kappa shape index (κ1) is 13.2. The van der Waals surface area contributed by atoms with Gasteiger partial charge in [-0.1, -0.05) is 0 Å². The Bertz CT molecular complexity index is 512. The Hall–Kier alpha value is -1.91. The highest BCUT2D eigenvalue weighted by atomic mass is 19.4. The van der Waals surface area contributed by atoms with Gasteiger partial charge in [0.1, 0.15) is 5.56 Å². The van der Waals surface area contributed by atoms with Crippen molar-refractivity contribution in [3.05, 3.63) is 33.2 Å². The van der Waals surface area contributed by atoms with E-state index in [1.165, 1.54) is 6.07 Å². The summed E-state index contributed by atoms with van der Waals surface area (Å²) in [7, 11) is 0. The highest BCUT2D eigenvalue weighted by Gasteiger charge is 2.35. The van der Waals surface area contributed by atoms with E-state index in [2.05, 4.69) is 0 Å². The molecule has 0 saturated carbocycles. The summed E-state index contributed by atoms with van der Waals surface area (Å²) in [6.07, 6.45) is -8.71. The molecule has 1 aromatic heterocycles. The molecule has 0 aliphatic carbocycles. The highest BCUT2D eigenvalue weighted by molar-refractivity contribution is 5.30. The van der Waals surface area contributed by atoms with Crippen molar-refractivity contribution < 1.29 is 22.0 Å². The fourth-order valence-electron chi connectivity index (χ4n) is 1.25. The molecule has 92 valence electrons. The van der Waals surface area contributed by atoms with E-state index in [9.17, 15) is 26.7 Å². The Morgan fingerprint density at radius 2 is 2.00 bits per heavy atom. The van der Waals surface area contributed by atoms with Crippen LogP contribution in [-0.4, -0.2) is 4.98 Å². The molecule has 0 aliphatic rings. The second kappa shape index (κ2) is 4.53. The Balaban J connectivity index is 3.51. The van der Waals surface area contributed by atoms with Crippen molar-refractivity contribution in [2.75, 3.05) is 0 Å². The molecule has 1 N–H and O–H groups in total. The van der Waals surface area contributed by atoms with Gasteiger partial charge in [0, 0.05) is 11.8 Å². The lowest BCUT2D eigenvalue weighted by atomic mass is 10.1. The first-order chi connectivity index (χ1) is 7.79. The van der Waals surface area contributed by atoms with E-state index in [0.29, 0.717) is 0 Å². The number of alkyl halides is 5. The summed E-state index contributed by atoms with van der Waals surface area (Å²) < 4.78 is 61.7. The smallest absolute Gasteiger partial charge is 0.359 e. The van der Waals surface area contributed by atoms with Gasteiger partial charge in [-0.25, -0.2) is 8.78 Å². The predicted octanol–water partition coefficient (Wildman–Crippen LogP) is 2.40. The van der Waals surface area contributed by atoms with Gasteiger partial charge in [-0.3, -0.25) is 4.79 Å². The number of aromatic nitrogens is 1. The van der Waals surface area contributed by atoms with Crippen molar-refractivity contribution in [2.45, 2.75) is 19.0 Å². The number of aromatic amines is 1. The first-order valence-electron chi connectivity index (χ1n) is 4.25. The fourth-order valence-corrected chi connectivity index (χ4v) is 1.25. The van der Waals surface area contributed by atoms with Crippen LogP contribution in [0.2, 0.25) is 0 Å². The third-order valence-corrected chi connectivity index (χ3v) is 2.00. The van der Waals surface area contributed by atoms with Crippen LogP contribution in [0.4, 0.5) is 22.0 Å². The van der Waals surface area contributed by atoms with Gasteiger partial charge < -0.3 is 4.98 Å². The molecule has 0 aromatic carbocycles. The minimum atomic E-state index is -4.95. The number of H-pyrrole nitrogens is 1. The SMILES string of the molecule is N#CCc1c(C(F)F)[nH]cc(C(F)(F)F)c1=O. The minimum absolute atomic E-state index is 0.185. The van der Waals surface area contributed by atoms with Gasteiger partial charge in [0.2, 0.25) is 0 Å². The summed E-state index contributed by atoms with van der Waals surface area (Å²) in [4.78, 5) is 13.0. The molecule has 0 unspecified atom stereocenters. The van der Waals surface area contributed by atoms with Gasteiger partial charge in [-0.05, 0) is 0 Å². The Labute approximate surface area is 91.5 Å². The lowest BCUT2D eigenvalue weighted by Gasteiger charge is -2.10. The normalized spacial score (nSPS) is 11.6. The molecule has 1 heterocycles. The van der Waals surface area contributed by atoms with Crippen LogP contribution >= 0.6 is 0 Å². The summed E-state index contributed by atoms with van der Waals surface area (Å²) in [5.41, 5.74) is -4.98. The zero-order chi connectivity index (χ0) is 13.2. The van der Waals surface area contributed by atoms with E-state index in [4.69, 9.17) is 5.26 Å². The van der Waals surface area contributed by atoms with Gasteiger partial charge in [0.05, 0.1) is 18.2 Å². The maximum absolute atomic E-state index is 12.4. The molecule has 0 amide bonds. The molecule has 1 rings (SSSR count). The van der Waals surface area contributed by atoms with Crippen molar-refractivity contribution in [3.8, 4) is 6.07 Å². The first-order valence-corrected chi connectivity index (χ1v) is 4.25. The van der Waals surface area contributed by atoms with E-state index >= 15 is 0 Å². The Kier molecular flexibility index (Phi) is 3.50. The van der Waals surface area contributed by atoms with Crippen LogP contribution in [0.1, 0.15) is 23.2 Å². The fraction of sp³-hybridized carbons (Fsp3) is 0.333. The van der Waals surface area contributed by atoms with Crippen molar-refractivity contribution in [2.24, 2.45) is 0 Å². The van der Waals surface area contributed by atoms with Crippen LogP contribution in [-0.2, 0) is 12.6 Å². The standard InChI is InChI=1S/C9H5F5N2O/c10-8(11)6-4(1-2-15)7(17)5(3-16-6)9(12,13)14/h3,8H,1H2,(H,16,17). The summed E-state index contributed by atoms with van der Waals surface area (Å²) in [5, 5.41) is 8.32. The van der Waals surface area contributed by atoms with Gasteiger partial charge in [0.15, 0.2) is 5.43 Å². The molecular weight excluding hydrogens is 247 g/mol. The van der Waals surface area contributed by atoms with Crippen molar-refractivity contribution in [3.63, 3.8) is 0 Å². The molecule has 17 heavy (non-hydrogen) atoms. The second-order valence-electron chi connectivity index (χ2n) is 3.06. The van der Waals surface area contributed by atoms with Crippen molar-refractivity contribution >= 4 is 0 Å². The van der Waals surface area contributed by atoms with Crippen LogP contribution in [0.25, 0.3) is 0 Å². The number of nitrogens with zero attached hydrogens (tertiary/aromatic N) is 1. The predicted molar refractivity (Wildman–Crippen MR) is 46.3 cm³/mol. The number of halogens is 5. The number of hydrogen-bond donors (Lipinski definition) is 1. The quantitative estimate of drug-likeness (QED) is 0.821. The minimum Gasteiger partial charge on any atom is -0.359 e. The summed E-state index contributed by atoms with van der Waals surface area (Å²) >= 11 is 0. The summed E-state index contributed by atoms with van der Waals surface area (Å²) in [6.45, 7) is 0. The third-order valence-electron chi connectivity index (χ3n) is 2.00. The molecule has 1 aromatic rings. The molecule has 0 saturated heterocycles. The third kappa shape index (κ3) is 2.61. The van der Waals surface area contributed by atoms with Crippen LogP contribution in [0.3, 0.4) is 0 Å². The van der Waals surface area contributed by atoms with E-state index in [0.717, 1.165) is 0 Å². The molecular formula is C9H5F5N2O. The van der Waals surface area contributed by atoms with Gasteiger partial charge in [-0.2, -0.15) is 18.4 Å². The summed E-state index contributed by atoms with van der Waals surface area (Å²) in [6, 6.07) is 1.38. The summed E-state index contributed by atoms with van der Waals surface area (Å²) in [5.74, 6) is 0. The lowest BCUT2D eigenvalue weighted by molar-refractivity contribution is -0.138. The highest BCUT2D eigenvalue weighted by Crippen LogP contribution is 2.28. The Morgan fingerprint density at radius 1 is 1.41 bits per heavy atom. The van der Waals surface area contributed by atoms with E-state index in [-0.39, 0.29) is 6.20 Å². The van der Waals surface area contributed by atoms with E-state index in [1.807, 2.05) is 0 Å². The zero-order valence-corrected chi connectivity index (χ0v) is 8.11. The topological polar surface area (TPSA) is 56.6 Å². The van der Waals surface area contributed by atoms with Crippen LogP contribution < -0.4 is 5.43 Å². The average Bonchev–Trinajstić information content (AvgIpc) is 2.18. The molecule has 3 nitrogen and oxygen atoms in total. The Morgan fingerprint density at radius 3 is 2.41 bits per heavy atom. The largest absolute Gasteiger partial charge is 0.421 e. The monoisotopic (exact) mass is 252 g/mol. The maximum atomic E-state index is 12.4. The number of rotatable bonds is 2. The molecule has 0 aliphatic heterocycles. The number of hydrogen-bond acceptors (Lipinski definition) is 2. The second-order valence-corrected chi connectivity index (χ2v) is 3.06. The van der Waals surface area contributed by atoms with E-state index < -0.39 is 41.3 Å². The lowest BCUT2D eigenvalue weighted by Crippen LogP contribution is -2.24. The number of nitrogens with one attached hydrogen (secondary N) is 1.